The van der Waals surface area contributed by atoms with Gasteiger partial charge in [-0.25, -0.2) is 9.78 Å². The lowest BCUT2D eigenvalue weighted by atomic mass is 9.87. The highest BCUT2D eigenvalue weighted by atomic mass is 32.1. The van der Waals surface area contributed by atoms with Crippen molar-refractivity contribution < 1.29 is 33.6 Å². The van der Waals surface area contributed by atoms with Gasteiger partial charge >= 0.3 is 5.97 Å². The number of esters is 1. The van der Waals surface area contributed by atoms with E-state index in [1.54, 1.807) is 11.3 Å². The molecule has 8 nitrogen and oxygen atoms in total. The van der Waals surface area contributed by atoms with Gasteiger partial charge in [-0.2, -0.15) is 0 Å². The van der Waals surface area contributed by atoms with Crippen molar-refractivity contribution in [2.75, 3.05) is 0 Å². The van der Waals surface area contributed by atoms with Crippen LogP contribution < -0.4 is 0 Å². The zero-order valence-electron chi connectivity index (χ0n) is 31.9. The summed E-state index contributed by atoms with van der Waals surface area (Å²) in [7, 11) is 0. The van der Waals surface area contributed by atoms with Crippen molar-refractivity contribution in [2.45, 2.75) is 168 Å². The van der Waals surface area contributed by atoms with Crippen LogP contribution in [0.4, 0.5) is 0 Å². The second kappa shape index (κ2) is 17.9. The van der Waals surface area contributed by atoms with E-state index >= 15 is 0 Å². The van der Waals surface area contributed by atoms with Crippen molar-refractivity contribution in [1.82, 2.24) is 4.98 Å². The predicted molar refractivity (Wildman–Crippen MR) is 201 cm³/mol. The number of nitrogens with zero attached hydrogens (tertiary/aromatic N) is 1. The summed E-state index contributed by atoms with van der Waals surface area (Å²) in [6.45, 7) is 19.9. The molecule has 9 heteroatoms. The van der Waals surface area contributed by atoms with Gasteiger partial charge in [0.15, 0.2) is 11.6 Å². The SMILES string of the molecule is C/C=C(C)/C=C(\C)[C@@H](O)[C@H](C)[C@H]1OC(C)(C)O[C@H]1[C@@H]1C/C=C\C=C/[C@@H]2C[C@H](OC(C)(C)O2)[C@@H](C)c2nc(cs2)/C=C(/CCCCCC)C(=O)O1. The van der Waals surface area contributed by atoms with Gasteiger partial charge in [0.25, 0.3) is 0 Å². The maximum atomic E-state index is 14.2. The van der Waals surface area contributed by atoms with Gasteiger partial charge in [-0.05, 0) is 73.0 Å². The van der Waals surface area contributed by atoms with Gasteiger partial charge < -0.3 is 28.8 Å². The normalized spacial score (nSPS) is 32.7. The molecule has 0 saturated carbocycles. The molecule has 0 amide bonds. The molecule has 4 rings (SSSR count). The minimum absolute atomic E-state index is 0.0503. The predicted octanol–water partition coefficient (Wildman–Crippen LogP) is 9.37. The van der Waals surface area contributed by atoms with Gasteiger partial charge in [-0.3, -0.25) is 0 Å². The fraction of sp³-hybridized carbons (Fsp3) is 0.659. The Kier molecular flexibility index (Phi) is 14.4. The van der Waals surface area contributed by atoms with Gasteiger partial charge in [0.05, 0.1) is 35.1 Å². The average molecular weight is 712 g/mol. The third kappa shape index (κ3) is 11.1. The van der Waals surface area contributed by atoms with Crippen LogP contribution in [0, 0.1) is 5.92 Å². The molecule has 1 aromatic heterocycles. The molecular formula is C41H61NO7S. The summed E-state index contributed by atoms with van der Waals surface area (Å²) in [5, 5.41) is 14.4. The molecule has 50 heavy (non-hydrogen) atoms. The van der Waals surface area contributed by atoms with Gasteiger partial charge in [0.2, 0.25) is 0 Å². The quantitative estimate of drug-likeness (QED) is 0.146. The Bertz CT molecular complexity index is 1440. The lowest BCUT2D eigenvalue weighted by Gasteiger charge is -2.41. The highest BCUT2D eigenvalue weighted by Gasteiger charge is 2.50. The van der Waals surface area contributed by atoms with E-state index < -0.39 is 36.0 Å². The third-order valence-electron chi connectivity index (χ3n) is 9.83. The van der Waals surface area contributed by atoms with E-state index in [2.05, 4.69) is 19.9 Å². The zero-order chi connectivity index (χ0) is 36.6. The van der Waals surface area contributed by atoms with E-state index in [4.69, 9.17) is 28.7 Å². The molecule has 278 valence electrons. The van der Waals surface area contributed by atoms with Crippen LogP contribution in [-0.2, 0) is 28.5 Å². The first kappa shape index (κ1) is 40.4. The third-order valence-corrected chi connectivity index (χ3v) is 10.9. The Morgan fingerprint density at radius 2 is 1.80 bits per heavy atom. The molecule has 3 aliphatic rings. The lowest BCUT2D eigenvalue weighted by Crippen LogP contribution is -2.45. The molecule has 2 saturated heterocycles. The number of ether oxygens (including phenoxy) is 5. The Labute approximate surface area is 304 Å². The number of rotatable bonds is 10. The first-order chi connectivity index (χ1) is 23.6. The van der Waals surface area contributed by atoms with Gasteiger partial charge in [-0.1, -0.05) is 82.1 Å². The minimum atomic E-state index is -0.931. The summed E-state index contributed by atoms with van der Waals surface area (Å²) >= 11 is 1.59. The number of unbranched alkanes of at least 4 members (excludes halogenated alkanes) is 3. The molecule has 4 heterocycles. The highest BCUT2D eigenvalue weighted by Crippen LogP contribution is 2.39. The summed E-state index contributed by atoms with van der Waals surface area (Å²) in [5.74, 6) is -2.33. The van der Waals surface area contributed by atoms with Crippen molar-refractivity contribution in [2.24, 2.45) is 5.92 Å². The number of aliphatic hydroxyl groups excluding tert-OH is 1. The number of hydrogen-bond acceptors (Lipinski definition) is 9. The lowest BCUT2D eigenvalue weighted by molar-refractivity contribution is -0.293. The molecule has 0 unspecified atom stereocenters. The van der Waals surface area contributed by atoms with Crippen LogP contribution in [0.5, 0.6) is 0 Å². The Hall–Kier alpha value is -2.40. The molecule has 2 fully saturated rings. The van der Waals surface area contributed by atoms with Crippen molar-refractivity contribution in [1.29, 1.82) is 0 Å². The van der Waals surface area contributed by atoms with Crippen molar-refractivity contribution in [3.8, 4) is 0 Å². The van der Waals surface area contributed by atoms with Crippen LogP contribution in [0.2, 0.25) is 0 Å². The monoisotopic (exact) mass is 711 g/mol. The van der Waals surface area contributed by atoms with Crippen molar-refractivity contribution >= 4 is 23.4 Å². The Balaban J connectivity index is 1.72. The summed E-state index contributed by atoms with van der Waals surface area (Å²) in [5.41, 5.74) is 3.25. The maximum absolute atomic E-state index is 14.2. The Morgan fingerprint density at radius 1 is 1.06 bits per heavy atom. The summed E-state index contributed by atoms with van der Waals surface area (Å²) in [6.07, 6.45) is 16.9. The van der Waals surface area contributed by atoms with E-state index in [-0.39, 0.29) is 30.0 Å². The van der Waals surface area contributed by atoms with E-state index in [9.17, 15) is 9.90 Å². The number of hydrogen-bond donors (Lipinski definition) is 1. The molecule has 0 radical (unpaired) electrons. The maximum Gasteiger partial charge on any atom is 0.334 e. The summed E-state index contributed by atoms with van der Waals surface area (Å²) in [6, 6.07) is 0. The van der Waals surface area contributed by atoms with Gasteiger partial charge in [0, 0.05) is 35.6 Å². The second-order valence-electron chi connectivity index (χ2n) is 15.1. The topological polar surface area (TPSA) is 96.3 Å². The van der Waals surface area contributed by atoms with Crippen LogP contribution >= 0.6 is 11.3 Å². The van der Waals surface area contributed by atoms with E-state index in [1.807, 2.05) is 97.2 Å². The van der Waals surface area contributed by atoms with Crippen LogP contribution in [0.1, 0.15) is 131 Å². The highest BCUT2D eigenvalue weighted by molar-refractivity contribution is 7.09. The molecule has 1 N–H and O–H groups in total. The zero-order valence-corrected chi connectivity index (χ0v) is 32.8. The molecule has 8 atom stereocenters. The second-order valence-corrected chi connectivity index (χ2v) is 16.0. The first-order valence-electron chi connectivity index (χ1n) is 18.5. The molecule has 0 aromatic carbocycles. The molecule has 1 aromatic rings. The number of carbonyl (C=O) groups excluding carboxylic acids is 1. The number of aliphatic hydroxyl groups is 1. The first-order valence-corrected chi connectivity index (χ1v) is 19.4. The van der Waals surface area contributed by atoms with Crippen LogP contribution in [0.3, 0.4) is 0 Å². The summed E-state index contributed by atoms with van der Waals surface area (Å²) < 4.78 is 32.1. The van der Waals surface area contributed by atoms with Crippen LogP contribution in [0.25, 0.3) is 6.08 Å². The van der Waals surface area contributed by atoms with Gasteiger partial charge in [0.1, 0.15) is 12.2 Å². The number of cyclic esters (lactones) is 1. The smallest absolute Gasteiger partial charge is 0.334 e. The fourth-order valence-electron chi connectivity index (χ4n) is 6.97. The largest absolute Gasteiger partial charge is 0.456 e. The van der Waals surface area contributed by atoms with Crippen LogP contribution in [0.15, 0.2) is 58.6 Å². The fourth-order valence-corrected chi connectivity index (χ4v) is 7.86. The molecule has 4 bridgehead atoms. The Morgan fingerprint density at radius 3 is 2.52 bits per heavy atom. The van der Waals surface area contributed by atoms with Crippen LogP contribution in [-0.4, -0.2) is 64.3 Å². The van der Waals surface area contributed by atoms with E-state index in [1.165, 1.54) is 0 Å². The molecule has 3 aliphatic heterocycles. The minimum Gasteiger partial charge on any atom is -0.456 e. The van der Waals surface area contributed by atoms with Crippen molar-refractivity contribution in [3.05, 3.63) is 69.3 Å². The molecule has 0 aliphatic carbocycles. The van der Waals surface area contributed by atoms with E-state index in [0.717, 1.165) is 47.5 Å². The standard InChI is InChI=1S/C41H61NO7S/c1-11-13-14-16-19-30-23-31-25-50-38(42-31)28(5)34-24-32(46-40(7,8)47-34)20-17-15-18-21-33(45-39(30)44)37-36(48-41(9,10)49-37)29(6)35(43)27(4)22-26(3)12-2/h12,15,17-18,20,22-23,25,28-29,32-37,43H,11,13-14,16,19,21,24H2,1-10H3/b18-15-,20-17-,26-12+,27-22+,30-23-/t28-,29+,32-,33+,34+,35-,36-,37+/m1/s1. The number of fused-ring (bicyclic) bond motifs is 4. The number of carbonyl (C=O) groups is 1. The number of thiazole rings is 1. The molecular weight excluding hydrogens is 651 g/mol. The average Bonchev–Trinajstić information content (AvgIpc) is 3.66. The van der Waals surface area contributed by atoms with Crippen molar-refractivity contribution in [3.63, 3.8) is 0 Å². The number of allylic oxidation sites excluding steroid dienone is 5. The number of aromatic nitrogens is 1. The van der Waals surface area contributed by atoms with Gasteiger partial charge in [-0.15, -0.1) is 11.3 Å². The molecule has 0 spiro atoms. The summed E-state index contributed by atoms with van der Waals surface area (Å²) in [4.78, 5) is 19.2. The van der Waals surface area contributed by atoms with E-state index in [0.29, 0.717) is 24.8 Å².